The van der Waals surface area contributed by atoms with Crippen molar-refractivity contribution in [2.75, 3.05) is 37.5 Å². The molecule has 0 saturated heterocycles. The zero-order chi connectivity index (χ0) is 15.4. The number of anilines is 2. The maximum atomic E-state index is 11.9. The Morgan fingerprint density at radius 1 is 1.05 bits per heavy atom. The van der Waals surface area contributed by atoms with E-state index in [1.807, 2.05) is 26.0 Å². The first-order chi connectivity index (χ1) is 9.27. The summed E-state index contributed by atoms with van der Waals surface area (Å²) in [6.45, 7) is 7.79. The molecule has 1 rings (SSSR count). The van der Waals surface area contributed by atoms with Crippen molar-refractivity contribution in [2.45, 2.75) is 40.0 Å². The zero-order valence-corrected chi connectivity index (χ0v) is 14.5. The molecule has 20 heavy (non-hydrogen) atoms. The van der Waals surface area contributed by atoms with Crippen molar-refractivity contribution in [1.29, 1.82) is 0 Å². The Hall–Kier alpha value is -0.900. The second kappa shape index (κ2) is 7.21. The lowest BCUT2D eigenvalue weighted by Gasteiger charge is -2.27. The van der Waals surface area contributed by atoms with Gasteiger partial charge in [-0.2, -0.15) is 0 Å². The van der Waals surface area contributed by atoms with E-state index in [-0.39, 0.29) is 5.43 Å². The topological polar surface area (TPSA) is 23.6 Å². The van der Waals surface area contributed by atoms with E-state index in [2.05, 4.69) is 25.7 Å². The molecule has 0 fully saturated rings. The van der Waals surface area contributed by atoms with Crippen molar-refractivity contribution in [1.82, 2.24) is 0 Å². The standard InChI is InChI=1S/C16H28N2OS/c1-11(2)12(3)9-7-8-10-18(6)13-14(17(4)5)16(20)15(13)19/h11-12H,7-10H2,1-6H3. The summed E-state index contributed by atoms with van der Waals surface area (Å²) in [7, 11) is 5.86. The molecule has 1 aromatic carbocycles. The normalized spacial score (nSPS) is 12.9. The van der Waals surface area contributed by atoms with Crippen molar-refractivity contribution in [2.24, 2.45) is 11.8 Å². The maximum absolute atomic E-state index is 11.9. The largest absolute Gasteiger partial charge is 0.375 e. The van der Waals surface area contributed by atoms with Crippen LogP contribution in [0, 0.1) is 16.3 Å². The van der Waals surface area contributed by atoms with Gasteiger partial charge < -0.3 is 9.80 Å². The molecule has 0 aliphatic carbocycles. The van der Waals surface area contributed by atoms with Gasteiger partial charge in [-0.05, 0) is 18.3 Å². The van der Waals surface area contributed by atoms with E-state index in [0.717, 1.165) is 36.2 Å². The van der Waals surface area contributed by atoms with Crippen LogP contribution in [0.1, 0.15) is 40.0 Å². The lowest BCUT2D eigenvalue weighted by atomic mass is 9.92. The van der Waals surface area contributed by atoms with Crippen molar-refractivity contribution < 1.29 is 0 Å². The van der Waals surface area contributed by atoms with E-state index < -0.39 is 0 Å². The van der Waals surface area contributed by atoms with Gasteiger partial charge in [0.25, 0.3) is 0 Å². The van der Waals surface area contributed by atoms with E-state index in [1.54, 1.807) is 0 Å². The van der Waals surface area contributed by atoms with E-state index in [9.17, 15) is 4.79 Å². The molecule has 1 atom stereocenters. The van der Waals surface area contributed by atoms with Gasteiger partial charge >= 0.3 is 0 Å². The molecule has 3 nitrogen and oxygen atoms in total. The first-order valence-electron chi connectivity index (χ1n) is 7.49. The van der Waals surface area contributed by atoms with Gasteiger partial charge in [0.15, 0.2) is 0 Å². The summed E-state index contributed by atoms with van der Waals surface area (Å²) in [4.78, 5) is 15.9. The Balaban J connectivity index is 2.49. The molecule has 0 amide bonds. The average molecular weight is 296 g/mol. The van der Waals surface area contributed by atoms with Gasteiger partial charge in [0.1, 0.15) is 10.2 Å². The van der Waals surface area contributed by atoms with Crippen LogP contribution < -0.4 is 15.2 Å². The Bertz CT molecular complexity index is 501. The Morgan fingerprint density at radius 3 is 2.15 bits per heavy atom. The molecule has 0 aliphatic heterocycles. The molecule has 0 heterocycles. The molecule has 0 radical (unpaired) electrons. The molecule has 0 saturated carbocycles. The Morgan fingerprint density at radius 2 is 1.65 bits per heavy atom. The van der Waals surface area contributed by atoms with Crippen LogP contribution in [0.4, 0.5) is 11.4 Å². The second-order valence-electron chi connectivity index (χ2n) is 6.39. The smallest absolute Gasteiger partial charge is 0.224 e. The van der Waals surface area contributed by atoms with Gasteiger partial charge in [-0.3, -0.25) is 4.79 Å². The van der Waals surface area contributed by atoms with Crippen molar-refractivity contribution in [3.63, 3.8) is 0 Å². The molecule has 1 aromatic rings. The van der Waals surface area contributed by atoms with Gasteiger partial charge in [-0.1, -0.05) is 45.8 Å². The minimum absolute atomic E-state index is 0.0294. The van der Waals surface area contributed by atoms with E-state index in [4.69, 9.17) is 12.2 Å². The van der Waals surface area contributed by atoms with Crippen molar-refractivity contribution in [3.05, 3.63) is 14.7 Å². The average Bonchev–Trinajstić information content (AvgIpc) is 2.38. The van der Waals surface area contributed by atoms with Gasteiger partial charge in [0, 0.05) is 27.7 Å². The summed E-state index contributed by atoms with van der Waals surface area (Å²) < 4.78 is 0.477. The van der Waals surface area contributed by atoms with Crippen molar-refractivity contribution >= 4 is 23.6 Å². The van der Waals surface area contributed by atoms with Crippen LogP contribution in [-0.4, -0.2) is 27.7 Å². The quantitative estimate of drug-likeness (QED) is 0.540. The minimum Gasteiger partial charge on any atom is -0.375 e. The molecule has 4 heteroatoms. The maximum Gasteiger partial charge on any atom is 0.224 e. The summed E-state index contributed by atoms with van der Waals surface area (Å²) in [6.07, 6.45) is 3.60. The number of nitrogens with zero attached hydrogens (tertiary/aromatic N) is 2. The lowest BCUT2D eigenvalue weighted by Crippen LogP contribution is -2.32. The number of hydrogen-bond acceptors (Lipinski definition) is 4. The Labute approximate surface area is 128 Å². The molecule has 0 bridgehead atoms. The van der Waals surface area contributed by atoms with Crippen LogP contribution in [0.25, 0.3) is 0 Å². The summed E-state index contributed by atoms with van der Waals surface area (Å²) in [5, 5.41) is 0. The SMILES string of the molecule is CC(C)C(C)CCCCN(C)c1c(N(C)C)c(=S)c1=O. The fourth-order valence-corrected chi connectivity index (χ4v) is 2.77. The molecule has 0 spiro atoms. The zero-order valence-electron chi connectivity index (χ0n) is 13.7. The first kappa shape index (κ1) is 17.2. The summed E-state index contributed by atoms with van der Waals surface area (Å²) in [5.41, 5.74) is 1.74. The van der Waals surface area contributed by atoms with E-state index in [1.165, 1.54) is 12.8 Å². The predicted molar refractivity (Wildman–Crippen MR) is 91.4 cm³/mol. The van der Waals surface area contributed by atoms with Crippen LogP contribution in [0.3, 0.4) is 0 Å². The number of hydrogen-bond donors (Lipinski definition) is 0. The third-order valence-electron chi connectivity index (χ3n) is 4.23. The minimum atomic E-state index is 0.0294. The summed E-state index contributed by atoms with van der Waals surface area (Å²) in [6, 6.07) is 0. The molecule has 1 unspecified atom stereocenters. The number of rotatable bonds is 8. The van der Waals surface area contributed by atoms with E-state index in [0.29, 0.717) is 4.51 Å². The molecular weight excluding hydrogens is 268 g/mol. The fraction of sp³-hybridized carbons (Fsp3) is 0.750. The van der Waals surface area contributed by atoms with Gasteiger partial charge in [-0.25, -0.2) is 0 Å². The van der Waals surface area contributed by atoms with Gasteiger partial charge in [0.05, 0.1) is 5.69 Å². The second-order valence-corrected chi connectivity index (χ2v) is 6.80. The van der Waals surface area contributed by atoms with Crippen molar-refractivity contribution in [3.8, 4) is 0 Å². The highest BCUT2D eigenvalue weighted by molar-refractivity contribution is 7.71. The molecule has 0 N–H and O–H groups in total. The van der Waals surface area contributed by atoms with Crippen LogP contribution in [-0.2, 0) is 0 Å². The van der Waals surface area contributed by atoms with Crippen LogP contribution in [0.5, 0.6) is 0 Å². The number of unbranched alkanes of at least 4 members (excludes halogenated alkanes) is 1. The first-order valence-corrected chi connectivity index (χ1v) is 7.90. The predicted octanol–water partition coefficient (Wildman–Crippen LogP) is 3.62. The van der Waals surface area contributed by atoms with Crippen LogP contribution in [0.15, 0.2) is 4.79 Å². The molecule has 114 valence electrons. The Kier molecular flexibility index (Phi) is 6.18. The summed E-state index contributed by atoms with van der Waals surface area (Å²) >= 11 is 5.12. The molecule has 0 aliphatic rings. The third kappa shape index (κ3) is 3.81. The van der Waals surface area contributed by atoms with Gasteiger partial charge in [0.2, 0.25) is 5.43 Å². The van der Waals surface area contributed by atoms with Gasteiger partial charge in [-0.15, -0.1) is 0 Å². The summed E-state index contributed by atoms with van der Waals surface area (Å²) in [5.74, 6) is 1.52. The van der Waals surface area contributed by atoms with E-state index >= 15 is 0 Å². The highest BCUT2D eigenvalue weighted by Crippen LogP contribution is 2.29. The monoisotopic (exact) mass is 296 g/mol. The lowest BCUT2D eigenvalue weighted by molar-refractivity contribution is 0.378. The third-order valence-corrected chi connectivity index (χ3v) is 4.61. The fourth-order valence-electron chi connectivity index (χ4n) is 2.40. The van der Waals surface area contributed by atoms with Crippen LogP contribution >= 0.6 is 12.2 Å². The highest BCUT2D eigenvalue weighted by atomic mass is 32.1. The molecule has 0 aromatic heterocycles. The van der Waals surface area contributed by atoms with Crippen LogP contribution in [0.2, 0.25) is 0 Å². The molecular formula is C16H28N2OS. The highest BCUT2D eigenvalue weighted by Gasteiger charge is 2.22.